The fourth-order valence-electron chi connectivity index (χ4n) is 2.91. The van der Waals surface area contributed by atoms with Crippen LogP contribution in [0, 0.1) is 0 Å². The van der Waals surface area contributed by atoms with Crippen molar-refractivity contribution in [2.24, 2.45) is 0 Å². The number of rotatable bonds is 9. The second-order valence-electron chi connectivity index (χ2n) is 8.47. The van der Waals surface area contributed by atoms with Gasteiger partial charge in [-0.15, -0.1) is 0 Å². The van der Waals surface area contributed by atoms with Gasteiger partial charge in [0.05, 0.1) is 5.69 Å². The fourth-order valence-corrected chi connectivity index (χ4v) is 2.91. The first-order chi connectivity index (χ1) is 15.5. The fraction of sp³-hybridized carbons (Fsp3) is 0.360. The molecule has 0 aromatic heterocycles. The van der Waals surface area contributed by atoms with Crippen molar-refractivity contribution < 1.29 is 28.7 Å². The molecule has 2 aromatic rings. The number of carbonyl (C=O) groups excluding carboxylic acids is 4. The monoisotopic (exact) mass is 454 g/mol. The van der Waals surface area contributed by atoms with Gasteiger partial charge in [0.1, 0.15) is 18.2 Å². The van der Waals surface area contributed by atoms with Gasteiger partial charge >= 0.3 is 12.1 Å². The quantitative estimate of drug-likeness (QED) is 0.433. The van der Waals surface area contributed by atoms with Crippen LogP contribution in [0.2, 0.25) is 0 Å². The number of amides is 2. The number of benzene rings is 2. The van der Waals surface area contributed by atoms with Gasteiger partial charge in [0, 0.05) is 12.0 Å². The first kappa shape index (κ1) is 25.6. The van der Waals surface area contributed by atoms with Crippen LogP contribution in [-0.4, -0.2) is 35.4 Å². The Morgan fingerprint density at radius 1 is 0.939 bits per heavy atom. The van der Waals surface area contributed by atoms with Crippen molar-refractivity contribution in [1.82, 2.24) is 5.32 Å². The highest BCUT2D eigenvalue weighted by molar-refractivity contribution is 6.05. The zero-order valence-electron chi connectivity index (χ0n) is 19.3. The van der Waals surface area contributed by atoms with Crippen molar-refractivity contribution in [3.8, 4) is 0 Å². The van der Waals surface area contributed by atoms with Crippen molar-refractivity contribution in [1.29, 1.82) is 0 Å². The molecule has 33 heavy (non-hydrogen) atoms. The highest BCUT2D eigenvalue weighted by atomic mass is 16.6. The number of hydrogen-bond acceptors (Lipinski definition) is 6. The maximum Gasteiger partial charge on any atom is 0.408 e. The largest absolute Gasteiger partial charge is 0.461 e. The third-order valence-electron chi connectivity index (χ3n) is 4.45. The number of ketones is 1. The molecule has 0 aliphatic carbocycles. The number of esters is 1. The van der Waals surface area contributed by atoms with Crippen LogP contribution in [0.1, 0.15) is 56.5 Å². The van der Waals surface area contributed by atoms with Gasteiger partial charge in [-0.1, -0.05) is 42.5 Å². The molecular formula is C25H30N2O6. The highest BCUT2D eigenvalue weighted by Gasteiger charge is 2.26. The zero-order valence-corrected chi connectivity index (χ0v) is 19.3. The van der Waals surface area contributed by atoms with Gasteiger partial charge in [0.15, 0.2) is 5.78 Å². The number of alkyl carbamates (subject to hydrolysis) is 1. The average molecular weight is 455 g/mol. The summed E-state index contributed by atoms with van der Waals surface area (Å²) in [6.07, 6.45) is -0.907. The summed E-state index contributed by atoms with van der Waals surface area (Å²) in [6, 6.07) is 14.7. The van der Waals surface area contributed by atoms with Crippen LogP contribution in [0.25, 0.3) is 0 Å². The Morgan fingerprint density at radius 3 is 2.21 bits per heavy atom. The first-order valence-corrected chi connectivity index (χ1v) is 10.6. The van der Waals surface area contributed by atoms with Gasteiger partial charge in [-0.25, -0.2) is 4.79 Å². The van der Waals surface area contributed by atoms with Crippen LogP contribution < -0.4 is 10.6 Å². The number of hydrogen-bond donors (Lipinski definition) is 2. The summed E-state index contributed by atoms with van der Waals surface area (Å²) in [7, 11) is 0. The molecule has 0 saturated carbocycles. The lowest BCUT2D eigenvalue weighted by atomic mass is 10.1. The molecule has 0 radical (unpaired) electrons. The molecule has 2 amide bonds. The Balaban J connectivity index is 2.05. The minimum absolute atomic E-state index is 0.0130. The average Bonchev–Trinajstić information content (AvgIpc) is 2.74. The molecule has 0 heterocycles. The van der Waals surface area contributed by atoms with Gasteiger partial charge < -0.3 is 20.1 Å². The predicted octanol–water partition coefficient (Wildman–Crippen LogP) is 4.24. The summed E-state index contributed by atoms with van der Waals surface area (Å²) in [6.45, 7) is 6.61. The van der Waals surface area contributed by atoms with E-state index in [1.54, 1.807) is 45.0 Å². The summed E-state index contributed by atoms with van der Waals surface area (Å²) < 4.78 is 10.5. The van der Waals surface area contributed by atoms with Crippen LogP contribution in [0.15, 0.2) is 54.6 Å². The minimum Gasteiger partial charge on any atom is -0.461 e. The predicted molar refractivity (Wildman–Crippen MR) is 124 cm³/mol. The van der Waals surface area contributed by atoms with Crippen molar-refractivity contribution in [3.05, 3.63) is 65.7 Å². The van der Waals surface area contributed by atoms with E-state index in [1.807, 2.05) is 30.3 Å². The van der Waals surface area contributed by atoms with E-state index >= 15 is 0 Å². The molecular weight excluding hydrogens is 424 g/mol. The van der Waals surface area contributed by atoms with E-state index in [9.17, 15) is 19.2 Å². The number of ether oxygens (including phenoxy) is 2. The molecule has 0 fully saturated rings. The lowest BCUT2D eigenvalue weighted by Crippen LogP contribution is -2.46. The van der Waals surface area contributed by atoms with E-state index in [4.69, 9.17) is 9.47 Å². The molecule has 8 nitrogen and oxygen atoms in total. The Bertz CT molecular complexity index is 982. The molecule has 0 aliphatic heterocycles. The summed E-state index contributed by atoms with van der Waals surface area (Å²) in [5.74, 6) is -1.30. The minimum atomic E-state index is -1.08. The lowest BCUT2D eigenvalue weighted by molar-refractivity contribution is -0.145. The third-order valence-corrected chi connectivity index (χ3v) is 4.45. The summed E-state index contributed by atoms with van der Waals surface area (Å²) >= 11 is 0. The first-order valence-electron chi connectivity index (χ1n) is 10.6. The smallest absolute Gasteiger partial charge is 0.408 e. The molecule has 0 saturated heterocycles. The van der Waals surface area contributed by atoms with Crippen molar-refractivity contribution in [2.45, 2.75) is 58.8 Å². The third kappa shape index (κ3) is 9.14. The maximum absolute atomic E-state index is 12.9. The number of carbonyl (C=O) groups is 4. The zero-order chi connectivity index (χ0) is 24.4. The maximum atomic E-state index is 12.9. The van der Waals surface area contributed by atoms with E-state index in [0.29, 0.717) is 11.3 Å². The molecule has 8 heteroatoms. The van der Waals surface area contributed by atoms with Crippen molar-refractivity contribution in [3.63, 3.8) is 0 Å². The molecule has 2 N–H and O–H groups in total. The van der Waals surface area contributed by atoms with Gasteiger partial charge in [0.2, 0.25) is 5.91 Å². The van der Waals surface area contributed by atoms with E-state index in [-0.39, 0.29) is 25.2 Å². The standard InChI is InChI=1S/C25H30N2O6/c1-17(28)19-12-8-9-13-20(19)26-23(30)21(27-24(31)33-25(2,3)4)14-15-22(29)32-16-18-10-6-5-7-11-18/h5-13,21H,14-16H2,1-4H3,(H,26,30)(H,27,31)/t21-/m0/s1. The highest BCUT2D eigenvalue weighted by Crippen LogP contribution is 2.17. The van der Waals surface area contributed by atoms with Gasteiger partial charge in [-0.2, -0.15) is 0 Å². The summed E-state index contributed by atoms with van der Waals surface area (Å²) in [5, 5.41) is 5.17. The van der Waals surface area contributed by atoms with E-state index < -0.39 is 29.6 Å². The Morgan fingerprint density at radius 2 is 1.58 bits per heavy atom. The summed E-state index contributed by atoms with van der Waals surface area (Å²) in [5.41, 5.74) is 0.732. The molecule has 1 atom stereocenters. The number of anilines is 1. The SMILES string of the molecule is CC(=O)c1ccccc1NC(=O)[C@H](CCC(=O)OCc1ccccc1)NC(=O)OC(C)(C)C. The number of nitrogens with one attached hydrogen (secondary N) is 2. The summed E-state index contributed by atoms with van der Waals surface area (Å²) in [4.78, 5) is 49.3. The van der Waals surface area contributed by atoms with E-state index in [0.717, 1.165) is 5.56 Å². The van der Waals surface area contributed by atoms with Crippen molar-refractivity contribution >= 4 is 29.4 Å². The van der Waals surface area contributed by atoms with Crippen LogP contribution in [0.3, 0.4) is 0 Å². The van der Waals surface area contributed by atoms with Gasteiger partial charge in [0.25, 0.3) is 0 Å². The van der Waals surface area contributed by atoms with Crippen LogP contribution in [-0.2, 0) is 25.7 Å². The van der Waals surface area contributed by atoms with Crippen LogP contribution >= 0.6 is 0 Å². The van der Waals surface area contributed by atoms with Gasteiger partial charge in [-0.05, 0) is 51.8 Å². The van der Waals surface area contributed by atoms with E-state index in [1.165, 1.54) is 6.92 Å². The van der Waals surface area contributed by atoms with Gasteiger partial charge in [-0.3, -0.25) is 14.4 Å². The normalized spacial score (nSPS) is 11.8. The molecule has 176 valence electrons. The van der Waals surface area contributed by atoms with Crippen LogP contribution in [0.4, 0.5) is 10.5 Å². The molecule has 2 aromatic carbocycles. The Kier molecular flexibility index (Phi) is 9.15. The Labute approximate surface area is 193 Å². The van der Waals surface area contributed by atoms with Crippen molar-refractivity contribution in [2.75, 3.05) is 5.32 Å². The second kappa shape index (κ2) is 11.8. The lowest BCUT2D eigenvalue weighted by Gasteiger charge is -2.23. The molecule has 0 spiro atoms. The van der Waals surface area contributed by atoms with Crippen LogP contribution in [0.5, 0.6) is 0 Å². The number of Topliss-reactive ketones (excluding diaryl/α,β-unsaturated/α-hetero) is 1. The Hall–Kier alpha value is -3.68. The van der Waals surface area contributed by atoms with E-state index in [2.05, 4.69) is 10.6 Å². The topological polar surface area (TPSA) is 111 Å². The number of para-hydroxylation sites is 1. The molecule has 2 rings (SSSR count). The molecule has 0 bridgehead atoms. The second-order valence-corrected chi connectivity index (χ2v) is 8.47. The molecule has 0 aliphatic rings. The molecule has 0 unspecified atom stereocenters.